The molecular formula is C17H16BrF2N. The molecule has 1 aliphatic rings. The monoisotopic (exact) mass is 351 g/mol. The minimum absolute atomic E-state index is 0.0939. The van der Waals surface area contributed by atoms with Gasteiger partial charge in [0.2, 0.25) is 0 Å². The molecule has 2 aromatic rings. The molecule has 0 radical (unpaired) electrons. The number of benzene rings is 2. The van der Waals surface area contributed by atoms with E-state index in [2.05, 4.69) is 22.0 Å². The summed E-state index contributed by atoms with van der Waals surface area (Å²) in [5, 5.41) is 0.448. The number of fused-ring (bicyclic) bond motifs is 1. The number of anilines is 1. The average molecular weight is 352 g/mol. The SMILES string of the molecule is Fc1cc(CBr)cc(F)c1N1CCCc2ccccc2C1. The van der Waals surface area contributed by atoms with Gasteiger partial charge in [0.1, 0.15) is 17.3 Å². The van der Waals surface area contributed by atoms with E-state index in [9.17, 15) is 8.78 Å². The number of halogens is 3. The van der Waals surface area contributed by atoms with Crippen LogP contribution in [0.4, 0.5) is 14.5 Å². The van der Waals surface area contributed by atoms with Gasteiger partial charge in [0, 0.05) is 18.4 Å². The zero-order chi connectivity index (χ0) is 14.8. The van der Waals surface area contributed by atoms with E-state index in [0.29, 0.717) is 24.0 Å². The summed E-state index contributed by atoms with van der Waals surface area (Å²) in [6.07, 6.45) is 1.85. The van der Waals surface area contributed by atoms with E-state index < -0.39 is 11.6 Å². The molecule has 21 heavy (non-hydrogen) atoms. The maximum atomic E-state index is 14.3. The van der Waals surface area contributed by atoms with E-state index in [1.807, 2.05) is 23.1 Å². The van der Waals surface area contributed by atoms with Crippen molar-refractivity contribution in [3.05, 3.63) is 64.7 Å². The average Bonchev–Trinajstić information content (AvgIpc) is 2.68. The molecule has 110 valence electrons. The Morgan fingerprint density at radius 3 is 2.38 bits per heavy atom. The number of hydrogen-bond donors (Lipinski definition) is 0. The number of nitrogens with zero attached hydrogens (tertiary/aromatic N) is 1. The third kappa shape index (κ3) is 2.95. The Morgan fingerprint density at radius 2 is 1.71 bits per heavy atom. The predicted octanol–water partition coefficient (Wildman–Crippen LogP) is 4.81. The lowest BCUT2D eigenvalue weighted by molar-refractivity contribution is 0.567. The van der Waals surface area contributed by atoms with Crippen molar-refractivity contribution in [2.75, 3.05) is 11.4 Å². The van der Waals surface area contributed by atoms with Crippen LogP contribution in [0.2, 0.25) is 0 Å². The number of aryl methyl sites for hydroxylation is 1. The second kappa shape index (κ2) is 6.14. The molecule has 0 N–H and O–H groups in total. The Balaban J connectivity index is 1.98. The Labute approximate surface area is 131 Å². The van der Waals surface area contributed by atoms with Crippen molar-refractivity contribution >= 4 is 21.6 Å². The fourth-order valence-electron chi connectivity index (χ4n) is 2.89. The first-order valence-electron chi connectivity index (χ1n) is 7.04. The van der Waals surface area contributed by atoms with Crippen molar-refractivity contribution in [1.29, 1.82) is 0 Å². The second-order valence-electron chi connectivity index (χ2n) is 5.34. The summed E-state index contributed by atoms with van der Waals surface area (Å²) in [4.78, 5) is 1.81. The number of alkyl halides is 1. The molecule has 2 aromatic carbocycles. The highest BCUT2D eigenvalue weighted by Gasteiger charge is 2.21. The molecule has 3 rings (SSSR count). The summed E-state index contributed by atoms with van der Waals surface area (Å²) in [6.45, 7) is 1.22. The zero-order valence-electron chi connectivity index (χ0n) is 11.6. The summed E-state index contributed by atoms with van der Waals surface area (Å²) < 4.78 is 28.6. The van der Waals surface area contributed by atoms with E-state index >= 15 is 0 Å². The lowest BCUT2D eigenvalue weighted by Gasteiger charge is -2.24. The van der Waals surface area contributed by atoms with Gasteiger partial charge >= 0.3 is 0 Å². The highest BCUT2D eigenvalue weighted by Crippen LogP contribution is 2.30. The van der Waals surface area contributed by atoms with Crippen molar-refractivity contribution < 1.29 is 8.78 Å². The van der Waals surface area contributed by atoms with E-state index in [1.54, 1.807) is 0 Å². The van der Waals surface area contributed by atoms with Gasteiger partial charge in [-0.05, 0) is 41.7 Å². The first kappa shape index (κ1) is 14.5. The van der Waals surface area contributed by atoms with E-state index in [1.165, 1.54) is 17.7 Å². The molecule has 0 fully saturated rings. The van der Waals surface area contributed by atoms with Crippen LogP contribution >= 0.6 is 15.9 Å². The Hall–Kier alpha value is -1.42. The summed E-state index contributed by atoms with van der Waals surface area (Å²) in [5.74, 6) is -0.965. The van der Waals surface area contributed by atoms with Gasteiger partial charge in [0.15, 0.2) is 0 Å². The molecule has 0 bridgehead atoms. The van der Waals surface area contributed by atoms with Gasteiger partial charge in [-0.3, -0.25) is 0 Å². The van der Waals surface area contributed by atoms with Crippen LogP contribution in [0, 0.1) is 11.6 Å². The maximum Gasteiger partial charge on any atom is 0.149 e. The molecule has 0 spiro atoms. The quantitative estimate of drug-likeness (QED) is 0.701. The van der Waals surface area contributed by atoms with Gasteiger partial charge in [-0.2, -0.15) is 0 Å². The Morgan fingerprint density at radius 1 is 1.05 bits per heavy atom. The minimum Gasteiger partial charge on any atom is -0.362 e. The smallest absolute Gasteiger partial charge is 0.149 e. The fourth-order valence-corrected chi connectivity index (χ4v) is 3.21. The van der Waals surface area contributed by atoms with Crippen LogP contribution in [-0.2, 0) is 18.3 Å². The normalized spacial score (nSPS) is 14.7. The van der Waals surface area contributed by atoms with Crippen LogP contribution in [0.15, 0.2) is 36.4 Å². The van der Waals surface area contributed by atoms with Gasteiger partial charge in [0.05, 0.1) is 0 Å². The fraction of sp³-hybridized carbons (Fsp3) is 0.294. The molecule has 4 heteroatoms. The third-order valence-electron chi connectivity index (χ3n) is 3.90. The minimum atomic E-state index is -0.483. The van der Waals surface area contributed by atoms with Crippen LogP contribution in [-0.4, -0.2) is 6.54 Å². The van der Waals surface area contributed by atoms with Gasteiger partial charge in [-0.25, -0.2) is 8.78 Å². The predicted molar refractivity (Wildman–Crippen MR) is 84.8 cm³/mol. The Kier molecular flexibility index (Phi) is 4.24. The molecule has 0 saturated heterocycles. The first-order chi connectivity index (χ1) is 10.2. The molecular weight excluding hydrogens is 336 g/mol. The van der Waals surface area contributed by atoms with Gasteiger partial charge in [-0.15, -0.1) is 0 Å². The molecule has 0 saturated carbocycles. The standard InChI is InChI=1S/C17H16BrF2N/c18-10-12-8-15(19)17(16(20)9-12)21-7-3-6-13-4-1-2-5-14(13)11-21/h1-2,4-5,8-9H,3,6-7,10-11H2. The molecule has 1 aliphatic heterocycles. The van der Waals surface area contributed by atoms with Crippen LogP contribution < -0.4 is 4.90 Å². The molecule has 0 amide bonds. The molecule has 1 nitrogen and oxygen atoms in total. The van der Waals surface area contributed by atoms with Gasteiger partial charge < -0.3 is 4.90 Å². The van der Waals surface area contributed by atoms with Gasteiger partial charge in [-0.1, -0.05) is 40.2 Å². The molecule has 0 unspecified atom stereocenters. The molecule has 0 atom stereocenters. The molecule has 0 aromatic heterocycles. The van der Waals surface area contributed by atoms with Crippen molar-refractivity contribution in [3.8, 4) is 0 Å². The zero-order valence-corrected chi connectivity index (χ0v) is 13.2. The largest absolute Gasteiger partial charge is 0.362 e. The van der Waals surface area contributed by atoms with Crippen molar-refractivity contribution in [3.63, 3.8) is 0 Å². The summed E-state index contributed by atoms with van der Waals surface area (Å²) >= 11 is 3.23. The molecule has 1 heterocycles. The van der Waals surface area contributed by atoms with Crippen molar-refractivity contribution in [2.45, 2.75) is 24.7 Å². The lowest BCUT2D eigenvalue weighted by atomic mass is 10.0. The van der Waals surface area contributed by atoms with E-state index in [-0.39, 0.29) is 5.69 Å². The summed E-state index contributed by atoms with van der Waals surface area (Å²) in [5.41, 5.74) is 3.14. The summed E-state index contributed by atoms with van der Waals surface area (Å²) in [6, 6.07) is 10.9. The van der Waals surface area contributed by atoms with Crippen LogP contribution in [0.3, 0.4) is 0 Å². The van der Waals surface area contributed by atoms with Crippen LogP contribution in [0.5, 0.6) is 0 Å². The van der Waals surface area contributed by atoms with Crippen LogP contribution in [0.1, 0.15) is 23.1 Å². The number of hydrogen-bond acceptors (Lipinski definition) is 1. The van der Waals surface area contributed by atoms with E-state index in [0.717, 1.165) is 18.4 Å². The second-order valence-corrected chi connectivity index (χ2v) is 5.90. The first-order valence-corrected chi connectivity index (χ1v) is 8.17. The topological polar surface area (TPSA) is 3.24 Å². The third-order valence-corrected chi connectivity index (χ3v) is 4.55. The van der Waals surface area contributed by atoms with E-state index in [4.69, 9.17) is 0 Å². The van der Waals surface area contributed by atoms with Crippen LogP contribution in [0.25, 0.3) is 0 Å². The highest BCUT2D eigenvalue weighted by molar-refractivity contribution is 9.08. The summed E-state index contributed by atoms with van der Waals surface area (Å²) in [7, 11) is 0. The Bertz CT molecular complexity index is 634. The number of rotatable bonds is 2. The van der Waals surface area contributed by atoms with Gasteiger partial charge in [0.25, 0.3) is 0 Å². The maximum absolute atomic E-state index is 14.3. The molecule has 0 aliphatic carbocycles. The lowest BCUT2D eigenvalue weighted by Crippen LogP contribution is -2.25. The highest BCUT2D eigenvalue weighted by atomic mass is 79.9. The van der Waals surface area contributed by atoms with Crippen molar-refractivity contribution in [2.24, 2.45) is 0 Å². The van der Waals surface area contributed by atoms with Crippen molar-refractivity contribution in [1.82, 2.24) is 0 Å².